The molecule has 0 spiro atoms. The molecule has 0 aliphatic carbocycles. The molecule has 2 amide bonds. The summed E-state index contributed by atoms with van der Waals surface area (Å²) in [5, 5.41) is 4.17. The van der Waals surface area contributed by atoms with Gasteiger partial charge in [-0.1, -0.05) is 0 Å². The maximum atomic E-state index is 10.2. The number of primary amides is 1. The highest BCUT2D eigenvalue weighted by molar-refractivity contribution is 8.00. The number of carbonyl (C=O) groups excluding carboxylic acids is 1. The third kappa shape index (κ3) is 2.47. The fraction of sp³-hybridized carbons (Fsp3) is 0.833. The molecule has 0 saturated carbocycles. The van der Waals surface area contributed by atoms with Crippen molar-refractivity contribution in [3.8, 4) is 0 Å². The average molecular weight is 159 g/mol. The Bertz CT molecular complexity index is 123. The molecule has 2 N–H and O–H groups in total. The van der Waals surface area contributed by atoms with Gasteiger partial charge in [-0.25, -0.2) is 10.1 Å². The summed E-state index contributed by atoms with van der Waals surface area (Å²) in [5.41, 5.74) is 4.86. The lowest BCUT2D eigenvalue weighted by Crippen LogP contribution is -2.27. The second kappa shape index (κ2) is 3.71. The van der Waals surface area contributed by atoms with E-state index in [2.05, 4.69) is 5.32 Å². The van der Waals surface area contributed by atoms with Crippen LogP contribution in [-0.2, 0) is 0 Å². The van der Waals surface area contributed by atoms with Gasteiger partial charge in [0.25, 0.3) is 0 Å². The lowest BCUT2D eigenvalue weighted by Gasteiger charge is -2.04. The summed E-state index contributed by atoms with van der Waals surface area (Å²) in [6.45, 7) is 0.611. The van der Waals surface area contributed by atoms with Crippen LogP contribution in [-0.4, -0.2) is 23.6 Å². The third-order valence-corrected chi connectivity index (χ3v) is 2.86. The first-order valence-corrected chi connectivity index (χ1v) is 4.42. The van der Waals surface area contributed by atoms with Gasteiger partial charge in [0, 0.05) is 5.25 Å². The number of hydrogen-bond donors (Lipinski definition) is 1. The van der Waals surface area contributed by atoms with Crippen molar-refractivity contribution in [2.45, 2.75) is 18.1 Å². The van der Waals surface area contributed by atoms with Crippen LogP contribution in [0, 0.1) is 0 Å². The average Bonchev–Trinajstić information content (AvgIpc) is 2.34. The predicted molar refractivity (Wildman–Crippen MR) is 42.1 cm³/mol. The first-order valence-electron chi connectivity index (χ1n) is 3.37. The van der Waals surface area contributed by atoms with Crippen molar-refractivity contribution >= 4 is 17.8 Å². The first-order chi connectivity index (χ1) is 4.79. The second-order valence-corrected chi connectivity index (χ2v) is 3.72. The van der Waals surface area contributed by atoms with Gasteiger partial charge in [0.15, 0.2) is 0 Å². The van der Waals surface area contributed by atoms with Crippen LogP contribution in [0.1, 0.15) is 12.8 Å². The Morgan fingerprint density at radius 1 is 1.80 bits per heavy atom. The molecule has 0 bridgehead atoms. The van der Waals surface area contributed by atoms with E-state index >= 15 is 0 Å². The van der Waals surface area contributed by atoms with Crippen molar-refractivity contribution < 1.29 is 4.79 Å². The predicted octanol–water partition coefficient (Wildman–Crippen LogP) is 0.565. The summed E-state index contributed by atoms with van der Waals surface area (Å²) in [7, 11) is 0. The van der Waals surface area contributed by atoms with Crippen molar-refractivity contribution in [1.82, 2.24) is 5.32 Å². The molecular formula is C6H11N2OS. The van der Waals surface area contributed by atoms with E-state index in [-0.39, 0.29) is 0 Å². The molecule has 1 radical (unpaired) electrons. The molecule has 1 saturated heterocycles. The summed E-state index contributed by atoms with van der Waals surface area (Å²) >= 11 is 1.88. The minimum absolute atomic E-state index is 0.535. The van der Waals surface area contributed by atoms with Crippen LogP contribution in [0.25, 0.3) is 0 Å². The van der Waals surface area contributed by atoms with E-state index in [1.807, 2.05) is 11.8 Å². The number of nitrogens with two attached hydrogens (primary N) is 1. The summed E-state index contributed by atoms with van der Waals surface area (Å²) in [6.07, 6.45) is 2.44. The monoisotopic (exact) mass is 159 g/mol. The standard InChI is InChI=1S/C6H11N2OS/c7-6(9)8-4-5-2-1-3-10-5/h5H,1-4H2,(H2,7,9). The van der Waals surface area contributed by atoms with Crippen LogP contribution in [0.15, 0.2) is 0 Å². The molecule has 1 rings (SSSR count). The Kier molecular flexibility index (Phi) is 2.86. The first kappa shape index (κ1) is 7.72. The molecule has 0 aromatic rings. The lowest BCUT2D eigenvalue weighted by molar-refractivity contribution is 0.248. The van der Waals surface area contributed by atoms with E-state index in [0.717, 1.165) is 0 Å². The van der Waals surface area contributed by atoms with E-state index < -0.39 is 6.03 Å². The number of nitrogens with zero attached hydrogens (tertiary/aromatic N) is 1. The smallest absolute Gasteiger partial charge is 0.333 e. The quantitative estimate of drug-likeness (QED) is 0.640. The zero-order valence-electron chi connectivity index (χ0n) is 5.75. The molecule has 1 atom stereocenters. The second-order valence-electron chi connectivity index (χ2n) is 2.31. The molecule has 57 valence electrons. The van der Waals surface area contributed by atoms with E-state index in [0.29, 0.717) is 11.8 Å². The number of urea groups is 1. The van der Waals surface area contributed by atoms with Gasteiger partial charge in [0.1, 0.15) is 0 Å². The molecule has 1 aliphatic rings. The highest BCUT2D eigenvalue weighted by Gasteiger charge is 2.15. The molecule has 1 unspecified atom stereocenters. The van der Waals surface area contributed by atoms with Gasteiger partial charge in [0.2, 0.25) is 0 Å². The van der Waals surface area contributed by atoms with E-state index in [1.54, 1.807) is 0 Å². The molecule has 0 aromatic carbocycles. The fourth-order valence-corrected chi connectivity index (χ4v) is 2.16. The molecule has 0 aromatic heterocycles. The summed E-state index contributed by atoms with van der Waals surface area (Å²) in [6, 6.07) is -0.535. The molecule has 10 heavy (non-hydrogen) atoms. The van der Waals surface area contributed by atoms with Crippen LogP contribution < -0.4 is 11.1 Å². The third-order valence-electron chi connectivity index (χ3n) is 1.47. The minimum Gasteiger partial charge on any atom is -0.350 e. The normalized spacial score (nSPS) is 24.6. The van der Waals surface area contributed by atoms with Crippen LogP contribution in [0.5, 0.6) is 0 Å². The summed E-state index contributed by atoms with van der Waals surface area (Å²) < 4.78 is 0. The zero-order chi connectivity index (χ0) is 7.40. The Morgan fingerprint density at radius 3 is 3.10 bits per heavy atom. The van der Waals surface area contributed by atoms with Gasteiger partial charge in [-0.05, 0) is 18.6 Å². The Morgan fingerprint density at radius 2 is 2.60 bits per heavy atom. The Labute approximate surface area is 64.7 Å². The highest BCUT2D eigenvalue weighted by atomic mass is 32.2. The van der Waals surface area contributed by atoms with Gasteiger partial charge in [0.05, 0.1) is 6.54 Å². The van der Waals surface area contributed by atoms with Crippen LogP contribution in [0.3, 0.4) is 0 Å². The Balaban J connectivity index is 2.07. The van der Waals surface area contributed by atoms with Crippen LogP contribution in [0.2, 0.25) is 0 Å². The zero-order valence-corrected chi connectivity index (χ0v) is 6.56. The van der Waals surface area contributed by atoms with Gasteiger partial charge in [-0.3, -0.25) is 0 Å². The maximum absolute atomic E-state index is 10.2. The number of hydrogen-bond acceptors (Lipinski definition) is 2. The lowest BCUT2D eigenvalue weighted by atomic mass is 10.2. The van der Waals surface area contributed by atoms with Crippen molar-refractivity contribution in [3.63, 3.8) is 0 Å². The van der Waals surface area contributed by atoms with E-state index in [4.69, 9.17) is 5.73 Å². The fourth-order valence-electron chi connectivity index (χ4n) is 0.980. The molecule has 3 nitrogen and oxygen atoms in total. The van der Waals surface area contributed by atoms with Crippen molar-refractivity contribution in [2.75, 3.05) is 12.3 Å². The van der Waals surface area contributed by atoms with Crippen molar-refractivity contribution in [2.24, 2.45) is 5.73 Å². The van der Waals surface area contributed by atoms with Gasteiger partial charge < -0.3 is 5.73 Å². The summed E-state index contributed by atoms with van der Waals surface area (Å²) in [4.78, 5) is 10.2. The molecule has 1 aliphatic heterocycles. The molecule has 1 fully saturated rings. The van der Waals surface area contributed by atoms with Crippen molar-refractivity contribution in [3.05, 3.63) is 0 Å². The number of carbonyl (C=O) groups is 1. The minimum atomic E-state index is -0.535. The molecular weight excluding hydrogens is 148 g/mol. The van der Waals surface area contributed by atoms with Crippen LogP contribution >= 0.6 is 11.8 Å². The number of rotatable bonds is 2. The summed E-state index contributed by atoms with van der Waals surface area (Å²) in [5.74, 6) is 1.21. The van der Waals surface area contributed by atoms with E-state index in [1.165, 1.54) is 18.6 Å². The van der Waals surface area contributed by atoms with Crippen molar-refractivity contribution in [1.29, 1.82) is 0 Å². The van der Waals surface area contributed by atoms with E-state index in [9.17, 15) is 4.79 Å². The van der Waals surface area contributed by atoms with Gasteiger partial charge >= 0.3 is 6.03 Å². The SMILES string of the molecule is NC(=O)[N]CC1CCCS1. The topological polar surface area (TPSA) is 57.2 Å². The number of thioether (sulfide) groups is 1. The van der Waals surface area contributed by atoms with Crippen LogP contribution in [0.4, 0.5) is 4.79 Å². The highest BCUT2D eigenvalue weighted by Crippen LogP contribution is 2.25. The van der Waals surface area contributed by atoms with Gasteiger partial charge in [-0.15, -0.1) is 0 Å². The molecule has 4 heteroatoms. The van der Waals surface area contributed by atoms with Gasteiger partial charge in [-0.2, -0.15) is 11.8 Å². The molecule has 1 heterocycles. The number of amides is 2. The Hall–Kier alpha value is -0.380. The maximum Gasteiger partial charge on any atom is 0.333 e. The largest absolute Gasteiger partial charge is 0.350 e.